The van der Waals surface area contributed by atoms with Crippen molar-refractivity contribution in [3.63, 3.8) is 0 Å². The van der Waals surface area contributed by atoms with E-state index in [1.807, 2.05) is 0 Å². The first-order chi connectivity index (χ1) is 19.1. The van der Waals surface area contributed by atoms with E-state index in [9.17, 15) is 0 Å². The van der Waals surface area contributed by atoms with Crippen LogP contribution in [0.25, 0.3) is 0 Å². The van der Waals surface area contributed by atoms with E-state index in [1.165, 1.54) is 124 Å². The van der Waals surface area contributed by atoms with Crippen LogP contribution < -0.4 is 0 Å². The van der Waals surface area contributed by atoms with Gasteiger partial charge in [-0.15, -0.1) is 0 Å². The Balaban J connectivity index is 5.76. The SMILES string of the molecule is CCCCCCC[O][Sn]([CH2]CCC)([CH2]CCC)[O][Sn]([CH2]CCC)([O]CCCCCCC)[O]CCCCCCC. The van der Waals surface area contributed by atoms with Crippen molar-refractivity contribution in [2.24, 2.45) is 0 Å². The normalized spacial score (nSPS) is 12.5. The summed E-state index contributed by atoms with van der Waals surface area (Å²) < 4.78 is 31.9. The second-order valence-corrected chi connectivity index (χ2v) is 32.1. The third-order valence-electron chi connectivity index (χ3n) is 7.75. The summed E-state index contributed by atoms with van der Waals surface area (Å²) in [5, 5.41) is 0. The molecule has 6 heteroatoms. The molecule has 0 radical (unpaired) electrons. The summed E-state index contributed by atoms with van der Waals surface area (Å²) in [4.78, 5) is 0. The molecule has 0 aromatic heterocycles. The fraction of sp³-hybridized carbons (Fsp3) is 1.00. The van der Waals surface area contributed by atoms with Crippen molar-refractivity contribution >= 4 is 38.8 Å². The van der Waals surface area contributed by atoms with E-state index in [4.69, 9.17) is 10.6 Å². The van der Waals surface area contributed by atoms with Gasteiger partial charge in [-0.25, -0.2) is 0 Å². The van der Waals surface area contributed by atoms with Gasteiger partial charge in [-0.2, -0.15) is 0 Å². The number of rotatable bonds is 32. The average molecular weight is 770 g/mol. The molecule has 0 heterocycles. The molecule has 0 fully saturated rings. The van der Waals surface area contributed by atoms with Gasteiger partial charge in [0.05, 0.1) is 0 Å². The first kappa shape index (κ1) is 40.4. The fourth-order valence-electron chi connectivity index (χ4n) is 5.10. The Bertz CT molecular complexity index is 468. The van der Waals surface area contributed by atoms with Crippen LogP contribution >= 0.6 is 0 Å². The summed E-state index contributed by atoms with van der Waals surface area (Å²) in [7, 11) is 0. The second-order valence-electron chi connectivity index (χ2n) is 11.8. The van der Waals surface area contributed by atoms with E-state index < -0.39 is 38.8 Å². The zero-order valence-corrected chi connectivity index (χ0v) is 33.4. The Morgan fingerprint density at radius 1 is 0.333 bits per heavy atom. The molecule has 0 saturated heterocycles. The molecule has 0 aliphatic carbocycles. The van der Waals surface area contributed by atoms with Gasteiger partial charge < -0.3 is 0 Å². The number of hydrogen-bond donors (Lipinski definition) is 0. The molecule has 0 aromatic rings. The molecule has 0 bridgehead atoms. The first-order valence-electron chi connectivity index (χ1n) is 17.7. The van der Waals surface area contributed by atoms with Gasteiger partial charge in [-0.3, -0.25) is 0 Å². The van der Waals surface area contributed by atoms with Gasteiger partial charge in [0.25, 0.3) is 0 Å². The van der Waals surface area contributed by atoms with Crippen LogP contribution in [0, 0.1) is 0 Å². The van der Waals surface area contributed by atoms with Crippen LogP contribution in [0.2, 0.25) is 13.3 Å². The van der Waals surface area contributed by atoms with E-state index in [-0.39, 0.29) is 0 Å². The second kappa shape index (κ2) is 29.5. The number of unbranched alkanes of at least 4 members (excludes halogenated alkanes) is 15. The molecule has 0 spiro atoms. The molecule has 236 valence electrons. The molecule has 0 aliphatic rings. The van der Waals surface area contributed by atoms with Gasteiger partial charge >= 0.3 is 259 Å². The van der Waals surface area contributed by atoms with E-state index >= 15 is 0 Å². The third kappa shape index (κ3) is 22.6. The van der Waals surface area contributed by atoms with Crippen LogP contribution in [0.5, 0.6) is 0 Å². The van der Waals surface area contributed by atoms with Crippen LogP contribution in [0.4, 0.5) is 0 Å². The zero-order chi connectivity index (χ0) is 28.9. The van der Waals surface area contributed by atoms with E-state index in [0.717, 1.165) is 43.5 Å². The standard InChI is InChI=1S/3C7H15O.3C4H9.O.2Sn/c3*1-2-3-4-5-6-7-8;3*1-3-4-2;;;/h3*2-7H2,1H3;3*1,3-4H2,2H3;;;/q3*-1;;;;;+1;+2. The summed E-state index contributed by atoms with van der Waals surface area (Å²) >= 11 is -7.14. The zero-order valence-electron chi connectivity index (χ0n) is 27.7. The van der Waals surface area contributed by atoms with Gasteiger partial charge in [0.2, 0.25) is 0 Å². The monoisotopic (exact) mass is 772 g/mol. The molecule has 0 aliphatic heterocycles. The molecule has 0 amide bonds. The molecule has 0 atom stereocenters. The molecule has 4 nitrogen and oxygen atoms in total. The van der Waals surface area contributed by atoms with Crippen LogP contribution in [0.1, 0.15) is 176 Å². The van der Waals surface area contributed by atoms with E-state index in [1.54, 1.807) is 0 Å². The molecule has 0 N–H and O–H groups in total. The minimum atomic E-state index is -3.77. The summed E-state index contributed by atoms with van der Waals surface area (Å²) in [5.41, 5.74) is 0. The molecular weight excluding hydrogens is 698 g/mol. The molecule has 0 unspecified atom stereocenters. The van der Waals surface area contributed by atoms with Gasteiger partial charge in [0.1, 0.15) is 0 Å². The average Bonchev–Trinajstić information content (AvgIpc) is 2.95. The molecule has 0 aromatic carbocycles. The van der Waals surface area contributed by atoms with Gasteiger partial charge in [0, 0.05) is 0 Å². The summed E-state index contributed by atoms with van der Waals surface area (Å²) in [6.07, 6.45) is 26.3. The maximum absolute atomic E-state index is 7.57. The Labute approximate surface area is 257 Å². The van der Waals surface area contributed by atoms with Crippen molar-refractivity contribution in [3.05, 3.63) is 0 Å². The van der Waals surface area contributed by atoms with Crippen molar-refractivity contribution in [1.29, 1.82) is 0 Å². The predicted molar refractivity (Wildman–Crippen MR) is 176 cm³/mol. The molecule has 0 rings (SSSR count). The third-order valence-corrected chi connectivity index (χ3v) is 37.7. The van der Waals surface area contributed by atoms with Crippen molar-refractivity contribution in [1.82, 2.24) is 0 Å². The topological polar surface area (TPSA) is 36.9 Å². The molecule has 0 saturated carbocycles. The van der Waals surface area contributed by atoms with Crippen molar-refractivity contribution < 1.29 is 10.6 Å². The van der Waals surface area contributed by atoms with Gasteiger partial charge in [0.15, 0.2) is 0 Å². The van der Waals surface area contributed by atoms with Gasteiger partial charge in [-0.05, 0) is 0 Å². The fourth-order valence-corrected chi connectivity index (χ4v) is 42.2. The van der Waals surface area contributed by atoms with Crippen LogP contribution in [-0.2, 0) is 10.6 Å². The molecular formula is C33H72O4Sn2. The summed E-state index contributed by atoms with van der Waals surface area (Å²) in [5.74, 6) is 0. The van der Waals surface area contributed by atoms with Crippen molar-refractivity contribution in [2.45, 2.75) is 190 Å². The van der Waals surface area contributed by atoms with E-state index in [0.29, 0.717) is 0 Å². The molecule has 39 heavy (non-hydrogen) atoms. The number of hydrogen-bond acceptors (Lipinski definition) is 4. The Kier molecular flexibility index (Phi) is 30.6. The van der Waals surface area contributed by atoms with Crippen molar-refractivity contribution in [3.8, 4) is 0 Å². The van der Waals surface area contributed by atoms with Crippen LogP contribution in [0.15, 0.2) is 0 Å². The Morgan fingerprint density at radius 3 is 1.05 bits per heavy atom. The van der Waals surface area contributed by atoms with E-state index in [2.05, 4.69) is 41.5 Å². The van der Waals surface area contributed by atoms with Crippen LogP contribution in [0.3, 0.4) is 0 Å². The van der Waals surface area contributed by atoms with Crippen molar-refractivity contribution in [2.75, 3.05) is 19.8 Å². The summed E-state index contributed by atoms with van der Waals surface area (Å²) in [6, 6.07) is 0. The van der Waals surface area contributed by atoms with Gasteiger partial charge in [-0.1, -0.05) is 0 Å². The predicted octanol–water partition coefficient (Wildman–Crippen LogP) is 11.7. The minimum absolute atomic E-state index is 0.819. The van der Waals surface area contributed by atoms with Crippen LogP contribution in [-0.4, -0.2) is 58.6 Å². The Morgan fingerprint density at radius 2 is 0.667 bits per heavy atom. The Hall–Kier alpha value is 1.44. The quantitative estimate of drug-likeness (QED) is 0.0504. The first-order valence-corrected chi connectivity index (χ1v) is 29.6. The maximum atomic E-state index is 7.57. The summed E-state index contributed by atoms with van der Waals surface area (Å²) in [6.45, 7) is 16.3.